The molecule has 1 heterocycles. The lowest BCUT2D eigenvalue weighted by molar-refractivity contribution is -0.140. The highest BCUT2D eigenvalue weighted by Crippen LogP contribution is 2.34. The lowest BCUT2D eigenvalue weighted by atomic mass is 9.98. The Kier molecular flexibility index (Phi) is 7.17. The predicted octanol–water partition coefficient (Wildman–Crippen LogP) is 3.90. The van der Waals surface area contributed by atoms with Gasteiger partial charge in [-0.3, -0.25) is 4.79 Å². The molecule has 1 saturated heterocycles. The van der Waals surface area contributed by atoms with Gasteiger partial charge < -0.3 is 14.8 Å². The summed E-state index contributed by atoms with van der Waals surface area (Å²) in [6.45, 7) is 0.0189. The molecule has 1 amide bonds. The van der Waals surface area contributed by atoms with Gasteiger partial charge in [0.25, 0.3) is 0 Å². The first-order valence-electron chi connectivity index (χ1n) is 9.87. The molecule has 7 nitrogen and oxygen atoms in total. The van der Waals surface area contributed by atoms with Gasteiger partial charge in [-0.15, -0.1) is 0 Å². The van der Waals surface area contributed by atoms with Crippen LogP contribution in [0.25, 0.3) is 0 Å². The molecule has 33 heavy (non-hydrogen) atoms. The van der Waals surface area contributed by atoms with Crippen molar-refractivity contribution < 1.29 is 40.2 Å². The van der Waals surface area contributed by atoms with Gasteiger partial charge in [-0.2, -0.15) is 17.5 Å². The van der Waals surface area contributed by atoms with E-state index >= 15 is 0 Å². The first-order valence-corrected chi connectivity index (χ1v) is 11.3. The van der Waals surface area contributed by atoms with Gasteiger partial charge in [-0.1, -0.05) is 0 Å². The molecular weight excluding hydrogens is 468 g/mol. The summed E-state index contributed by atoms with van der Waals surface area (Å²) in [5.41, 5.74) is -1.73. The molecule has 0 saturated carbocycles. The lowest BCUT2D eigenvalue weighted by Crippen LogP contribution is -2.43. The number of anilines is 1. The van der Waals surface area contributed by atoms with Crippen LogP contribution in [0.5, 0.6) is 11.5 Å². The van der Waals surface area contributed by atoms with Crippen LogP contribution in [0.3, 0.4) is 0 Å². The third-order valence-corrected chi connectivity index (χ3v) is 7.15. The Labute approximate surface area is 188 Å². The lowest BCUT2D eigenvalue weighted by Gasteiger charge is -2.31. The van der Waals surface area contributed by atoms with Gasteiger partial charge in [0.2, 0.25) is 15.9 Å². The minimum Gasteiger partial charge on any atom is -0.493 e. The number of methoxy groups -OCH3 is 2. The van der Waals surface area contributed by atoms with Crippen molar-refractivity contribution in [3.05, 3.63) is 47.8 Å². The van der Waals surface area contributed by atoms with Crippen LogP contribution in [0.15, 0.2) is 41.3 Å². The largest absolute Gasteiger partial charge is 0.493 e. The fraction of sp³-hybridized carbons (Fsp3) is 0.381. The highest BCUT2D eigenvalue weighted by atomic mass is 32.2. The maximum absolute atomic E-state index is 13.5. The number of alkyl halides is 3. The second-order valence-corrected chi connectivity index (χ2v) is 9.34. The van der Waals surface area contributed by atoms with Crippen LogP contribution >= 0.6 is 0 Å². The fourth-order valence-electron chi connectivity index (χ4n) is 3.57. The zero-order chi connectivity index (χ0) is 24.4. The molecule has 180 valence electrons. The summed E-state index contributed by atoms with van der Waals surface area (Å²) in [5.74, 6) is -2.33. The number of rotatable bonds is 6. The van der Waals surface area contributed by atoms with Crippen LogP contribution < -0.4 is 14.8 Å². The van der Waals surface area contributed by atoms with Crippen LogP contribution in [-0.2, 0) is 21.0 Å². The minimum atomic E-state index is -4.92. The highest BCUT2D eigenvalue weighted by Gasteiger charge is 2.36. The van der Waals surface area contributed by atoms with Gasteiger partial charge in [0.1, 0.15) is 5.82 Å². The van der Waals surface area contributed by atoms with E-state index in [0.29, 0.717) is 30.7 Å². The first-order chi connectivity index (χ1) is 15.5. The van der Waals surface area contributed by atoms with Gasteiger partial charge in [-0.25, -0.2) is 12.8 Å². The van der Waals surface area contributed by atoms with Gasteiger partial charge in [-0.05, 0) is 43.2 Å². The summed E-state index contributed by atoms with van der Waals surface area (Å²) in [4.78, 5) is 12.6. The fourth-order valence-corrected chi connectivity index (χ4v) is 5.11. The van der Waals surface area contributed by atoms with E-state index in [4.69, 9.17) is 9.47 Å². The monoisotopic (exact) mass is 490 g/mol. The second kappa shape index (κ2) is 9.56. The molecule has 0 radical (unpaired) electrons. The summed E-state index contributed by atoms with van der Waals surface area (Å²) in [7, 11) is -1.19. The number of carbonyl (C=O) groups excluding carboxylic acids is 1. The standard InChI is InChI=1S/C21H22F4N2O5S/c1-31-18-8-6-15(11-19(18)32-2)33(29,30)27-9-3-4-13(12-27)20(28)26-14-5-7-17(22)16(10-14)21(23,24)25/h5-8,10-11,13H,3-4,9,12H2,1-2H3,(H,26,28)/t13-/m0/s1. The number of sulfonamides is 1. The van der Waals surface area contributed by atoms with E-state index in [2.05, 4.69) is 5.32 Å². The Morgan fingerprint density at radius 2 is 1.79 bits per heavy atom. The molecule has 0 aliphatic carbocycles. The van der Waals surface area contributed by atoms with E-state index in [0.717, 1.165) is 10.4 Å². The van der Waals surface area contributed by atoms with Crippen LogP contribution in [0, 0.1) is 11.7 Å². The topological polar surface area (TPSA) is 84.9 Å². The molecule has 0 bridgehead atoms. The second-order valence-electron chi connectivity index (χ2n) is 7.40. The van der Waals surface area contributed by atoms with E-state index in [9.17, 15) is 30.8 Å². The van der Waals surface area contributed by atoms with Gasteiger partial charge in [0.15, 0.2) is 11.5 Å². The van der Waals surface area contributed by atoms with Crippen LogP contribution in [-0.4, -0.2) is 45.9 Å². The van der Waals surface area contributed by atoms with E-state index in [-0.39, 0.29) is 29.4 Å². The molecule has 1 fully saturated rings. The van der Waals surface area contributed by atoms with Crippen LogP contribution in [0.4, 0.5) is 23.2 Å². The van der Waals surface area contributed by atoms with Crippen molar-refractivity contribution in [3.63, 3.8) is 0 Å². The number of hydrogen-bond donors (Lipinski definition) is 1. The van der Waals surface area contributed by atoms with Gasteiger partial charge >= 0.3 is 6.18 Å². The minimum absolute atomic E-state index is 0.0467. The molecule has 1 aliphatic heterocycles. The number of benzene rings is 2. The highest BCUT2D eigenvalue weighted by molar-refractivity contribution is 7.89. The van der Waals surface area contributed by atoms with E-state index in [1.54, 1.807) is 0 Å². The molecular formula is C21H22F4N2O5S. The first kappa shape index (κ1) is 24.8. The van der Waals surface area contributed by atoms with Crippen molar-refractivity contribution in [2.75, 3.05) is 32.6 Å². The smallest absolute Gasteiger partial charge is 0.419 e. The number of halogens is 4. The summed E-state index contributed by atoms with van der Waals surface area (Å²) in [6.07, 6.45) is -4.20. The van der Waals surface area contributed by atoms with Crippen molar-refractivity contribution in [1.82, 2.24) is 4.31 Å². The number of nitrogens with zero attached hydrogens (tertiary/aromatic N) is 1. The molecule has 12 heteroatoms. The van der Waals surface area contributed by atoms with Crippen molar-refractivity contribution >= 4 is 21.6 Å². The number of hydrogen-bond acceptors (Lipinski definition) is 5. The van der Waals surface area contributed by atoms with Crippen LogP contribution in [0.1, 0.15) is 18.4 Å². The summed E-state index contributed by atoms with van der Waals surface area (Å²) < 4.78 is 89.9. The summed E-state index contributed by atoms with van der Waals surface area (Å²) >= 11 is 0. The average Bonchev–Trinajstić information content (AvgIpc) is 2.79. The Bertz CT molecular complexity index is 1140. The van der Waals surface area contributed by atoms with Gasteiger partial charge in [0, 0.05) is 24.8 Å². The van der Waals surface area contributed by atoms with E-state index < -0.39 is 39.4 Å². The third-order valence-electron chi connectivity index (χ3n) is 5.29. The molecule has 0 unspecified atom stereocenters. The molecule has 0 aromatic heterocycles. The molecule has 0 spiro atoms. The number of piperidine rings is 1. The Morgan fingerprint density at radius 1 is 1.09 bits per heavy atom. The summed E-state index contributed by atoms with van der Waals surface area (Å²) in [5, 5.41) is 2.33. The quantitative estimate of drug-likeness (QED) is 0.621. The maximum atomic E-state index is 13.5. The van der Waals surface area contributed by atoms with Crippen LogP contribution in [0.2, 0.25) is 0 Å². The van der Waals surface area contributed by atoms with Crippen molar-refractivity contribution in [3.8, 4) is 11.5 Å². The summed E-state index contributed by atoms with van der Waals surface area (Å²) in [6, 6.07) is 6.27. The number of amides is 1. The van der Waals surface area contributed by atoms with Crippen molar-refractivity contribution in [2.45, 2.75) is 23.9 Å². The SMILES string of the molecule is COc1ccc(S(=O)(=O)N2CCC[C@H](C(=O)Nc3ccc(F)c(C(F)(F)F)c3)C2)cc1OC. The maximum Gasteiger partial charge on any atom is 0.419 e. The number of carbonyl (C=O) groups is 1. The average molecular weight is 490 g/mol. The third kappa shape index (κ3) is 5.38. The number of nitrogens with one attached hydrogen (secondary N) is 1. The Balaban J connectivity index is 1.77. The molecule has 2 aromatic carbocycles. The van der Waals surface area contributed by atoms with Gasteiger partial charge in [0.05, 0.1) is 30.6 Å². The molecule has 2 aromatic rings. The number of ether oxygens (including phenoxy) is 2. The van der Waals surface area contributed by atoms with Crippen molar-refractivity contribution in [1.29, 1.82) is 0 Å². The molecule has 3 rings (SSSR count). The molecule has 1 aliphatic rings. The molecule has 1 atom stereocenters. The Morgan fingerprint density at radius 3 is 2.42 bits per heavy atom. The Hall–Kier alpha value is -2.86. The van der Waals surface area contributed by atoms with Crippen molar-refractivity contribution in [2.24, 2.45) is 5.92 Å². The zero-order valence-corrected chi connectivity index (χ0v) is 18.6. The molecule has 1 N–H and O–H groups in total. The normalized spacial score (nSPS) is 17.5. The van der Waals surface area contributed by atoms with E-state index in [1.807, 2.05) is 0 Å². The zero-order valence-electron chi connectivity index (χ0n) is 17.8. The van der Waals surface area contributed by atoms with E-state index in [1.165, 1.54) is 32.4 Å². The predicted molar refractivity (Wildman–Crippen MR) is 111 cm³/mol.